The predicted octanol–water partition coefficient (Wildman–Crippen LogP) is -1.46. The SMILES string of the molecule is CCS[C@H]1O[C@H]([C@H](O)CO)[C@@H](O)[C@@H]1O. The topological polar surface area (TPSA) is 90.2 Å². The molecule has 0 unspecified atom stereocenters. The number of aliphatic hydroxyl groups excluding tert-OH is 4. The molecule has 0 saturated carbocycles. The average Bonchev–Trinajstić information content (AvgIpc) is 2.46. The minimum absolute atomic E-state index is 0.488. The molecule has 5 nitrogen and oxygen atoms in total. The van der Waals surface area contributed by atoms with Gasteiger partial charge in [-0.2, -0.15) is 0 Å². The van der Waals surface area contributed by atoms with Crippen LogP contribution in [-0.2, 0) is 4.74 Å². The Kier molecular flexibility index (Phi) is 4.62. The van der Waals surface area contributed by atoms with Crippen molar-refractivity contribution in [3.8, 4) is 0 Å². The van der Waals surface area contributed by atoms with Gasteiger partial charge in [-0.1, -0.05) is 6.92 Å². The third-order valence-electron chi connectivity index (χ3n) is 2.15. The van der Waals surface area contributed by atoms with E-state index in [1.54, 1.807) is 0 Å². The van der Waals surface area contributed by atoms with Gasteiger partial charge in [-0.05, 0) is 5.75 Å². The van der Waals surface area contributed by atoms with Crippen LogP contribution in [0.5, 0.6) is 0 Å². The molecule has 14 heavy (non-hydrogen) atoms. The van der Waals surface area contributed by atoms with E-state index in [1.165, 1.54) is 11.8 Å². The number of thioether (sulfide) groups is 1. The van der Waals surface area contributed by atoms with Gasteiger partial charge in [0.2, 0.25) is 0 Å². The summed E-state index contributed by atoms with van der Waals surface area (Å²) in [5, 5.41) is 37.0. The Bertz CT molecular complexity index is 177. The lowest BCUT2D eigenvalue weighted by molar-refractivity contribution is -0.0713. The molecule has 4 N–H and O–H groups in total. The van der Waals surface area contributed by atoms with Crippen molar-refractivity contribution in [2.45, 2.75) is 36.8 Å². The number of ether oxygens (including phenoxy) is 1. The summed E-state index contributed by atoms with van der Waals surface area (Å²) < 4.78 is 5.23. The first-order valence-corrected chi connectivity index (χ1v) is 5.58. The minimum atomic E-state index is -1.15. The van der Waals surface area contributed by atoms with E-state index in [2.05, 4.69) is 0 Å². The largest absolute Gasteiger partial charge is 0.394 e. The molecule has 0 aliphatic carbocycles. The molecule has 1 rings (SSSR count). The van der Waals surface area contributed by atoms with E-state index < -0.39 is 36.5 Å². The van der Waals surface area contributed by atoms with Crippen molar-refractivity contribution in [2.24, 2.45) is 0 Å². The molecule has 0 spiro atoms. The first kappa shape index (κ1) is 12.2. The summed E-state index contributed by atoms with van der Waals surface area (Å²) in [6.45, 7) is 1.42. The van der Waals surface area contributed by atoms with Crippen LogP contribution >= 0.6 is 11.8 Å². The van der Waals surface area contributed by atoms with Crippen LogP contribution in [0.25, 0.3) is 0 Å². The monoisotopic (exact) mass is 224 g/mol. The van der Waals surface area contributed by atoms with E-state index >= 15 is 0 Å². The Morgan fingerprint density at radius 1 is 1.36 bits per heavy atom. The first-order valence-electron chi connectivity index (χ1n) is 4.54. The molecule has 5 atom stereocenters. The fourth-order valence-electron chi connectivity index (χ4n) is 1.40. The van der Waals surface area contributed by atoms with Gasteiger partial charge in [-0.25, -0.2) is 0 Å². The molecule has 0 aromatic rings. The third kappa shape index (κ3) is 2.39. The highest BCUT2D eigenvalue weighted by Gasteiger charge is 2.45. The molecule has 0 bridgehead atoms. The van der Waals surface area contributed by atoms with Gasteiger partial charge >= 0.3 is 0 Å². The molecule has 1 heterocycles. The van der Waals surface area contributed by atoms with Crippen LogP contribution in [0, 0.1) is 0 Å². The van der Waals surface area contributed by atoms with Crippen molar-refractivity contribution in [3.63, 3.8) is 0 Å². The van der Waals surface area contributed by atoms with Crippen molar-refractivity contribution in [1.29, 1.82) is 0 Å². The molecule has 1 saturated heterocycles. The van der Waals surface area contributed by atoms with E-state index in [0.717, 1.165) is 5.75 Å². The predicted molar refractivity (Wildman–Crippen MR) is 51.9 cm³/mol. The lowest BCUT2D eigenvalue weighted by Crippen LogP contribution is -2.40. The third-order valence-corrected chi connectivity index (χ3v) is 3.21. The van der Waals surface area contributed by atoms with Crippen molar-refractivity contribution in [1.82, 2.24) is 0 Å². The zero-order chi connectivity index (χ0) is 10.7. The number of hydrogen-bond acceptors (Lipinski definition) is 6. The highest BCUT2D eigenvalue weighted by molar-refractivity contribution is 7.99. The normalized spacial score (nSPS) is 40.1. The molecule has 1 aliphatic rings. The maximum Gasteiger partial charge on any atom is 0.132 e. The Morgan fingerprint density at radius 2 is 2.00 bits per heavy atom. The summed E-state index contributed by atoms with van der Waals surface area (Å²) in [6, 6.07) is 0. The Balaban J connectivity index is 2.57. The molecule has 84 valence electrons. The van der Waals surface area contributed by atoms with Crippen LogP contribution < -0.4 is 0 Å². The summed E-state index contributed by atoms with van der Waals surface area (Å²) in [4.78, 5) is 0. The average molecular weight is 224 g/mol. The quantitative estimate of drug-likeness (QED) is 0.466. The molecule has 6 heteroatoms. The van der Waals surface area contributed by atoms with Gasteiger partial charge in [-0.3, -0.25) is 0 Å². The molecule has 0 aromatic heterocycles. The fourth-order valence-corrected chi connectivity index (χ4v) is 2.29. The van der Waals surface area contributed by atoms with Gasteiger partial charge in [0.05, 0.1) is 6.61 Å². The molecule has 1 fully saturated rings. The van der Waals surface area contributed by atoms with Gasteiger partial charge in [0.1, 0.15) is 29.9 Å². The summed E-state index contributed by atoms with van der Waals surface area (Å²) in [6.07, 6.45) is -4.20. The number of rotatable bonds is 4. The van der Waals surface area contributed by atoms with Crippen LogP contribution in [0.2, 0.25) is 0 Å². The number of aliphatic hydroxyl groups is 4. The van der Waals surface area contributed by atoms with Gasteiger partial charge < -0.3 is 25.2 Å². The second-order valence-electron chi connectivity index (χ2n) is 3.16. The summed E-state index contributed by atoms with van der Waals surface area (Å²) in [7, 11) is 0. The minimum Gasteiger partial charge on any atom is -0.394 e. The Labute approximate surface area is 86.7 Å². The second-order valence-corrected chi connectivity index (χ2v) is 4.53. The van der Waals surface area contributed by atoms with E-state index in [-0.39, 0.29) is 0 Å². The maximum absolute atomic E-state index is 9.51. The fraction of sp³-hybridized carbons (Fsp3) is 1.00. The smallest absolute Gasteiger partial charge is 0.132 e. The molecule has 0 radical (unpaired) electrons. The molecular formula is C8H16O5S. The van der Waals surface area contributed by atoms with Crippen molar-refractivity contribution < 1.29 is 25.2 Å². The van der Waals surface area contributed by atoms with Crippen molar-refractivity contribution >= 4 is 11.8 Å². The zero-order valence-electron chi connectivity index (χ0n) is 7.91. The summed E-state index contributed by atoms with van der Waals surface area (Å²) in [5.41, 5.74) is -0.527. The lowest BCUT2D eigenvalue weighted by Gasteiger charge is -2.18. The summed E-state index contributed by atoms with van der Waals surface area (Å²) in [5.74, 6) is 0.746. The standard InChI is InChI=1S/C8H16O5S/c1-2-14-8-6(12)5(11)7(13-8)4(10)3-9/h4-12H,2-3H2,1H3/t4-,5+,6+,7-,8-/m1/s1. The van der Waals surface area contributed by atoms with Crippen LogP contribution in [0.3, 0.4) is 0 Å². The highest BCUT2D eigenvalue weighted by Crippen LogP contribution is 2.30. The van der Waals surface area contributed by atoms with E-state index in [0.29, 0.717) is 0 Å². The Hall–Kier alpha value is 0.150. The van der Waals surface area contributed by atoms with Crippen LogP contribution in [0.15, 0.2) is 0 Å². The number of hydrogen-bond donors (Lipinski definition) is 4. The Morgan fingerprint density at radius 3 is 2.50 bits per heavy atom. The molecule has 0 aromatic carbocycles. The van der Waals surface area contributed by atoms with Gasteiger partial charge in [0, 0.05) is 0 Å². The molecule has 0 amide bonds. The van der Waals surface area contributed by atoms with Crippen LogP contribution in [0.1, 0.15) is 6.92 Å². The zero-order valence-corrected chi connectivity index (χ0v) is 8.72. The molecule has 1 aliphatic heterocycles. The van der Waals surface area contributed by atoms with Gasteiger partial charge in [-0.15, -0.1) is 11.8 Å². The van der Waals surface area contributed by atoms with Crippen LogP contribution in [0.4, 0.5) is 0 Å². The highest BCUT2D eigenvalue weighted by atomic mass is 32.2. The molecular weight excluding hydrogens is 208 g/mol. The lowest BCUT2D eigenvalue weighted by atomic mass is 10.1. The van der Waals surface area contributed by atoms with Gasteiger partial charge in [0.15, 0.2) is 0 Å². The van der Waals surface area contributed by atoms with Crippen molar-refractivity contribution in [2.75, 3.05) is 12.4 Å². The maximum atomic E-state index is 9.51. The van der Waals surface area contributed by atoms with Gasteiger partial charge in [0.25, 0.3) is 0 Å². The second kappa shape index (κ2) is 5.29. The van der Waals surface area contributed by atoms with Crippen LogP contribution in [-0.4, -0.2) is 62.6 Å². The summed E-state index contributed by atoms with van der Waals surface area (Å²) >= 11 is 1.36. The first-order chi connectivity index (χ1) is 6.61. The van der Waals surface area contributed by atoms with E-state index in [9.17, 15) is 15.3 Å². The van der Waals surface area contributed by atoms with E-state index in [4.69, 9.17) is 9.84 Å². The van der Waals surface area contributed by atoms with Crippen molar-refractivity contribution in [3.05, 3.63) is 0 Å². The van der Waals surface area contributed by atoms with E-state index in [1.807, 2.05) is 6.92 Å².